The summed E-state index contributed by atoms with van der Waals surface area (Å²) in [6.45, 7) is 0.0574. The Morgan fingerprint density at radius 1 is 0.853 bits per heavy atom. The van der Waals surface area contributed by atoms with Gasteiger partial charge < -0.3 is 23.4 Å². The Hall–Kier alpha value is -4.04. The molecule has 34 heavy (non-hydrogen) atoms. The molecule has 0 aliphatic rings. The summed E-state index contributed by atoms with van der Waals surface area (Å²) in [5.41, 5.74) is 1.71. The Labute approximate surface area is 201 Å². The second-order valence-electron chi connectivity index (χ2n) is 7.06. The number of halogens is 1. The molecule has 0 radical (unpaired) electrons. The number of nitrogens with zero attached hydrogens (tertiary/aromatic N) is 2. The Morgan fingerprint density at radius 2 is 1.44 bits per heavy atom. The molecule has 0 atom stereocenters. The molecule has 0 aliphatic heterocycles. The van der Waals surface area contributed by atoms with Crippen LogP contribution in [0.5, 0.6) is 23.0 Å². The van der Waals surface area contributed by atoms with Gasteiger partial charge in [-0.15, -0.1) is 10.2 Å². The second-order valence-corrected chi connectivity index (χ2v) is 7.50. The van der Waals surface area contributed by atoms with Gasteiger partial charge in [0.15, 0.2) is 23.9 Å². The van der Waals surface area contributed by atoms with Crippen LogP contribution in [0.25, 0.3) is 11.5 Å². The third-order valence-electron chi connectivity index (χ3n) is 4.96. The average Bonchev–Trinajstić information content (AvgIpc) is 3.36. The number of methoxy groups -OCH3 is 3. The second kappa shape index (κ2) is 10.3. The first-order chi connectivity index (χ1) is 16.5. The molecule has 0 saturated heterocycles. The summed E-state index contributed by atoms with van der Waals surface area (Å²) in [6.07, 6.45) is 0. The van der Waals surface area contributed by atoms with Crippen LogP contribution in [0.15, 0.2) is 65.1 Å². The van der Waals surface area contributed by atoms with Gasteiger partial charge in [-0.25, -0.2) is 0 Å². The maximum Gasteiger partial charge on any atom is 0.254 e. The lowest BCUT2D eigenvalue weighted by molar-refractivity contribution is 0.103. The molecule has 174 valence electrons. The largest absolute Gasteiger partial charge is 0.493 e. The zero-order valence-corrected chi connectivity index (χ0v) is 19.5. The molecule has 0 spiro atoms. The summed E-state index contributed by atoms with van der Waals surface area (Å²) in [5, 5.41) is 8.69. The van der Waals surface area contributed by atoms with Gasteiger partial charge in [0.25, 0.3) is 5.89 Å². The fraction of sp³-hybridized carbons (Fsp3) is 0.160. The monoisotopic (exact) mass is 480 g/mol. The molecule has 0 saturated carbocycles. The minimum absolute atomic E-state index is 0.0574. The molecule has 8 nitrogen and oxygen atoms in total. The number of carbonyl (C=O) groups excluding carboxylic acids is 1. The van der Waals surface area contributed by atoms with Gasteiger partial charge in [0.05, 0.1) is 21.3 Å². The lowest BCUT2D eigenvalue weighted by Gasteiger charge is -2.12. The van der Waals surface area contributed by atoms with Crippen molar-refractivity contribution >= 4 is 17.4 Å². The van der Waals surface area contributed by atoms with Crippen LogP contribution in [0.4, 0.5) is 0 Å². The fourth-order valence-corrected chi connectivity index (χ4v) is 3.37. The first-order valence-electron chi connectivity index (χ1n) is 10.2. The lowest BCUT2D eigenvalue weighted by Crippen LogP contribution is -2.01. The van der Waals surface area contributed by atoms with Crippen molar-refractivity contribution < 1.29 is 28.2 Å². The molecule has 1 aromatic heterocycles. The number of hydrogen-bond donors (Lipinski definition) is 0. The van der Waals surface area contributed by atoms with Crippen molar-refractivity contribution in [3.05, 3.63) is 82.7 Å². The molecular weight excluding hydrogens is 460 g/mol. The minimum atomic E-state index is -0.102. The van der Waals surface area contributed by atoms with E-state index in [0.717, 1.165) is 0 Å². The summed E-state index contributed by atoms with van der Waals surface area (Å²) in [6, 6.07) is 17.0. The topological polar surface area (TPSA) is 92.9 Å². The molecule has 0 N–H and O–H groups in total. The third-order valence-corrected chi connectivity index (χ3v) is 5.22. The number of hydrogen-bond acceptors (Lipinski definition) is 8. The molecule has 0 aliphatic carbocycles. The fourth-order valence-electron chi connectivity index (χ4n) is 3.25. The van der Waals surface area contributed by atoms with Crippen LogP contribution in [0, 0.1) is 0 Å². The molecule has 4 aromatic rings. The van der Waals surface area contributed by atoms with Crippen LogP contribution in [0.3, 0.4) is 0 Å². The van der Waals surface area contributed by atoms with E-state index in [-0.39, 0.29) is 24.2 Å². The number of aromatic nitrogens is 2. The van der Waals surface area contributed by atoms with Gasteiger partial charge in [-0.2, -0.15) is 0 Å². The van der Waals surface area contributed by atoms with Crippen molar-refractivity contribution in [2.75, 3.05) is 21.3 Å². The highest BCUT2D eigenvalue weighted by Gasteiger charge is 2.18. The highest BCUT2D eigenvalue weighted by molar-refractivity contribution is 6.30. The first-order valence-corrected chi connectivity index (χ1v) is 10.6. The molecule has 0 amide bonds. The number of rotatable bonds is 9. The van der Waals surface area contributed by atoms with Crippen molar-refractivity contribution in [1.82, 2.24) is 10.2 Å². The van der Waals surface area contributed by atoms with Crippen LogP contribution >= 0.6 is 11.6 Å². The predicted molar refractivity (Wildman–Crippen MR) is 125 cm³/mol. The quantitative estimate of drug-likeness (QED) is 0.301. The Balaban J connectivity index is 1.43. The highest BCUT2D eigenvalue weighted by atomic mass is 35.5. The van der Waals surface area contributed by atoms with Crippen LogP contribution in [0.2, 0.25) is 5.02 Å². The molecular formula is C25H21ClN2O6. The Bertz CT molecular complexity index is 1260. The van der Waals surface area contributed by atoms with E-state index in [0.29, 0.717) is 44.7 Å². The predicted octanol–water partition coefficient (Wildman–Crippen LogP) is 5.23. The normalized spacial score (nSPS) is 10.6. The molecule has 4 rings (SSSR count). The van der Waals surface area contributed by atoms with Crippen molar-refractivity contribution in [2.45, 2.75) is 6.61 Å². The molecule has 0 fully saturated rings. The van der Waals surface area contributed by atoms with Gasteiger partial charge in [0, 0.05) is 21.7 Å². The Morgan fingerprint density at radius 3 is 2.00 bits per heavy atom. The smallest absolute Gasteiger partial charge is 0.254 e. The average molecular weight is 481 g/mol. The standard InChI is InChI=1S/C25H21ClN2O6/c1-30-20-12-17(13-21(31-2)24(20)32-3)25-28-27-22(34-25)14-33-19-10-6-16(7-11-19)23(29)15-4-8-18(26)9-5-15/h4-13H,14H2,1-3H3. The van der Waals surface area contributed by atoms with Crippen LogP contribution < -0.4 is 18.9 Å². The van der Waals surface area contributed by atoms with E-state index in [4.69, 9.17) is 35.0 Å². The number of ether oxygens (including phenoxy) is 4. The molecule has 1 heterocycles. The molecule has 0 bridgehead atoms. The van der Waals surface area contributed by atoms with E-state index in [1.54, 1.807) is 60.7 Å². The van der Waals surface area contributed by atoms with Gasteiger partial charge in [-0.3, -0.25) is 4.79 Å². The molecule has 0 unspecified atom stereocenters. The SMILES string of the molecule is COc1cc(-c2nnc(COc3ccc(C(=O)c4ccc(Cl)cc4)cc3)o2)cc(OC)c1OC. The maximum atomic E-state index is 12.6. The van der Waals surface area contributed by atoms with Gasteiger partial charge in [0.2, 0.25) is 11.6 Å². The summed E-state index contributed by atoms with van der Waals surface area (Å²) in [4.78, 5) is 12.6. The zero-order valence-electron chi connectivity index (χ0n) is 18.7. The third kappa shape index (κ3) is 4.97. The van der Waals surface area contributed by atoms with Crippen LogP contribution in [-0.2, 0) is 6.61 Å². The number of ketones is 1. The Kier molecular flexibility index (Phi) is 6.98. The van der Waals surface area contributed by atoms with Crippen LogP contribution in [-0.4, -0.2) is 37.3 Å². The highest BCUT2D eigenvalue weighted by Crippen LogP contribution is 2.40. The lowest BCUT2D eigenvalue weighted by atomic mass is 10.0. The van der Waals surface area contributed by atoms with E-state index in [1.165, 1.54) is 21.3 Å². The summed E-state index contributed by atoms with van der Waals surface area (Å²) in [5.74, 6) is 2.43. The van der Waals surface area contributed by atoms with Crippen LogP contribution in [0.1, 0.15) is 21.8 Å². The maximum absolute atomic E-state index is 12.6. The molecule has 9 heteroatoms. The van der Waals surface area contributed by atoms with E-state index >= 15 is 0 Å². The van der Waals surface area contributed by atoms with Gasteiger partial charge in [0.1, 0.15) is 5.75 Å². The van der Waals surface area contributed by atoms with Crippen molar-refractivity contribution in [3.63, 3.8) is 0 Å². The van der Waals surface area contributed by atoms with E-state index in [2.05, 4.69) is 10.2 Å². The zero-order chi connectivity index (χ0) is 24.1. The summed E-state index contributed by atoms with van der Waals surface area (Å²) in [7, 11) is 4.59. The van der Waals surface area contributed by atoms with Gasteiger partial charge in [-0.1, -0.05) is 11.6 Å². The number of benzene rings is 3. The minimum Gasteiger partial charge on any atom is -0.493 e. The molecule has 3 aromatic carbocycles. The van der Waals surface area contributed by atoms with Crippen molar-refractivity contribution in [1.29, 1.82) is 0 Å². The van der Waals surface area contributed by atoms with E-state index in [9.17, 15) is 4.79 Å². The number of carbonyl (C=O) groups is 1. The van der Waals surface area contributed by atoms with E-state index < -0.39 is 0 Å². The summed E-state index contributed by atoms with van der Waals surface area (Å²) < 4.78 is 27.5. The van der Waals surface area contributed by atoms with Gasteiger partial charge in [-0.05, 0) is 60.7 Å². The van der Waals surface area contributed by atoms with Crippen molar-refractivity contribution in [2.24, 2.45) is 0 Å². The summed E-state index contributed by atoms with van der Waals surface area (Å²) >= 11 is 5.88. The van der Waals surface area contributed by atoms with Gasteiger partial charge >= 0.3 is 0 Å². The van der Waals surface area contributed by atoms with E-state index in [1.807, 2.05) is 0 Å². The van der Waals surface area contributed by atoms with Crippen molar-refractivity contribution in [3.8, 4) is 34.5 Å². The first kappa shape index (κ1) is 23.1.